The minimum Gasteiger partial charge on any atom is -0.368 e. The van der Waals surface area contributed by atoms with Crippen molar-refractivity contribution < 1.29 is 0 Å². The van der Waals surface area contributed by atoms with Crippen LogP contribution in [-0.2, 0) is 6.54 Å². The lowest BCUT2D eigenvalue weighted by molar-refractivity contribution is 0.971. The van der Waals surface area contributed by atoms with Gasteiger partial charge in [0.1, 0.15) is 0 Å². The van der Waals surface area contributed by atoms with Gasteiger partial charge in [-0.3, -0.25) is 10.1 Å². The molecule has 0 saturated carbocycles. The molecule has 3 heterocycles. The summed E-state index contributed by atoms with van der Waals surface area (Å²) >= 11 is 0. The van der Waals surface area contributed by atoms with Crippen molar-refractivity contribution >= 4 is 22.8 Å². The van der Waals surface area contributed by atoms with E-state index in [0.29, 0.717) is 18.3 Å². The molecule has 8 nitrogen and oxygen atoms in total. The normalized spacial score (nSPS) is 10.9. The summed E-state index contributed by atoms with van der Waals surface area (Å²) in [4.78, 5) is 17.3. The molecule has 0 bridgehead atoms. The number of aromatic amines is 1. The van der Waals surface area contributed by atoms with Gasteiger partial charge in [0.15, 0.2) is 5.82 Å². The largest absolute Gasteiger partial charge is 0.368 e. The number of aromatic nitrogens is 6. The number of nitrogens with zero attached hydrogens (tertiary/aromatic N) is 5. The third-order valence-corrected chi connectivity index (χ3v) is 3.73. The van der Waals surface area contributed by atoms with Crippen molar-refractivity contribution in [1.29, 1.82) is 0 Å². The number of hydrogen-bond acceptors (Lipinski definition) is 7. The molecule has 0 radical (unpaired) electrons. The van der Waals surface area contributed by atoms with E-state index in [1.54, 1.807) is 6.20 Å². The molecule has 0 amide bonds. The van der Waals surface area contributed by atoms with E-state index in [0.717, 1.165) is 27.9 Å². The summed E-state index contributed by atoms with van der Waals surface area (Å²) in [5.74, 6) is 1.08. The highest BCUT2D eigenvalue weighted by Crippen LogP contribution is 2.21. The molecule has 0 aliphatic rings. The number of pyridine rings is 1. The Hall–Kier alpha value is -3.55. The van der Waals surface area contributed by atoms with Crippen LogP contribution in [0.5, 0.6) is 0 Å². The minimum atomic E-state index is 0.161. The van der Waals surface area contributed by atoms with Gasteiger partial charge >= 0.3 is 0 Å². The van der Waals surface area contributed by atoms with Gasteiger partial charge in [-0.15, -0.1) is 0 Å². The summed E-state index contributed by atoms with van der Waals surface area (Å²) in [7, 11) is 0. The van der Waals surface area contributed by atoms with Crippen LogP contribution < -0.4 is 11.1 Å². The summed E-state index contributed by atoms with van der Waals surface area (Å²) in [5.41, 5.74) is 9.46. The van der Waals surface area contributed by atoms with Gasteiger partial charge in [0.05, 0.1) is 24.0 Å². The van der Waals surface area contributed by atoms with Gasteiger partial charge < -0.3 is 11.1 Å². The third-order valence-electron chi connectivity index (χ3n) is 3.73. The van der Waals surface area contributed by atoms with Crippen molar-refractivity contribution in [3.63, 3.8) is 0 Å². The Bertz CT molecular complexity index is 1040. The average Bonchev–Trinajstić information content (AvgIpc) is 3.07. The first-order chi connectivity index (χ1) is 12.2. The van der Waals surface area contributed by atoms with Gasteiger partial charge in [0.25, 0.3) is 0 Å². The molecule has 0 spiro atoms. The molecule has 4 N–H and O–H groups in total. The lowest BCUT2D eigenvalue weighted by Gasteiger charge is -2.08. The van der Waals surface area contributed by atoms with E-state index >= 15 is 0 Å². The first-order valence-corrected chi connectivity index (χ1v) is 7.79. The Balaban J connectivity index is 1.61. The Morgan fingerprint density at radius 3 is 2.88 bits per heavy atom. The molecule has 0 aliphatic carbocycles. The molecule has 0 aliphatic heterocycles. The monoisotopic (exact) mass is 332 g/mol. The van der Waals surface area contributed by atoms with Crippen molar-refractivity contribution in [2.75, 3.05) is 11.1 Å². The van der Waals surface area contributed by atoms with Gasteiger partial charge in [-0.1, -0.05) is 18.2 Å². The van der Waals surface area contributed by atoms with Crippen LogP contribution in [-0.4, -0.2) is 30.1 Å². The fourth-order valence-corrected chi connectivity index (χ4v) is 2.54. The van der Waals surface area contributed by atoms with Crippen molar-refractivity contribution in [3.8, 4) is 11.4 Å². The Morgan fingerprint density at radius 2 is 2.00 bits per heavy atom. The topological polar surface area (TPSA) is 118 Å². The molecule has 25 heavy (non-hydrogen) atoms. The minimum absolute atomic E-state index is 0.161. The average molecular weight is 332 g/mol. The van der Waals surface area contributed by atoms with Crippen LogP contribution in [0.3, 0.4) is 0 Å². The van der Waals surface area contributed by atoms with Crippen molar-refractivity contribution in [2.45, 2.75) is 13.5 Å². The molecule has 0 fully saturated rings. The van der Waals surface area contributed by atoms with E-state index in [4.69, 9.17) is 5.73 Å². The van der Waals surface area contributed by atoms with E-state index in [2.05, 4.69) is 35.5 Å². The fourth-order valence-electron chi connectivity index (χ4n) is 2.54. The fraction of sp³-hybridized carbons (Fsp3) is 0.118. The zero-order valence-electron chi connectivity index (χ0n) is 13.6. The zero-order valence-corrected chi connectivity index (χ0v) is 13.6. The van der Waals surface area contributed by atoms with E-state index in [1.165, 1.54) is 0 Å². The molecular formula is C17H16N8. The van der Waals surface area contributed by atoms with E-state index in [1.807, 2.05) is 43.3 Å². The summed E-state index contributed by atoms with van der Waals surface area (Å²) in [6.07, 6.45) is 1.77. The van der Waals surface area contributed by atoms with Crippen LogP contribution in [0.4, 0.5) is 11.9 Å². The number of anilines is 2. The number of nitrogen functional groups attached to an aromatic ring is 1. The molecule has 0 unspecified atom stereocenters. The summed E-state index contributed by atoms with van der Waals surface area (Å²) < 4.78 is 0. The van der Waals surface area contributed by atoms with Crippen molar-refractivity contribution in [2.24, 2.45) is 0 Å². The predicted molar refractivity (Wildman–Crippen MR) is 95.6 cm³/mol. The predicted octanol–water partition coefficient (Wildman–Crippen LogP) is 2.31. The summed E-state index contributed by atoms with van der Waals surface area (Å²) in [6, 6.07) is 11.7. The molecule has 124 valence electrons. The Morgan fingerprint density at radius 1 is 1.08 bits per heavy atom. The number of fused-ring (bicyclic) bond motifs is 1. The molecule has 4 rings (SSSR count). The van der Waals surface area contributed by atoms with Crippen LogP contribution >= 0.6 is 0 Å². The Labute approximate surface area is 143 Å². The maximum absolute atomic E-state index is 5.84. The van der Waals surface area contributed by atoms with Gasteiger partial charge in [0, 0.05) is 16.6 Å². The highest BCUT2D eigenvalue weighted by Gasteiger charge is 2.08. The van der Waals surface area contributed by atoms with Crippen LogP contribution in [0.15, 0.2) is 42.6 Å². The number of nitrogens with two attached hydrogens (primary N) is 1. The maximum Gasteiger partial charge on any atom is 0.228 e. The quantitative estimate of drug-likeness (QED) is 0.524. The number of aryl methyl sites for hydroxylation is 1. The summed E-state index contributed by atoms with van der Waals surface area (Å²) in [6.45, 7) is 2.46. The Kier molecular flexibility index (Phi) is 3.70. The standard InChI is InChI=1S/C17H16N8/c1-10-3-2-4-13(21-10)9-19-17-23-15(22-16(18)24-17)11-5-6-12-8-20-25-14(12)7-11/h2-8H,9H2,1H3,(H,20,25)(H3,18,19,22,23,24). The second-order valence-corrected chi connectivity index (χ2v) is 5.64. The number of nitrogens with one attached hydrogen (secondary N) is 2. The maximum atomic E-state index is 5.84. The number of hydrogen-bond donors (Lipinski definition) is 3. The highest BCUT2D eigenvalue weighted by atomic mass is 15.2. The third kappa shape index (κ3) is 3.23. The van der Waals surface area contributed by atoms with Gasteiger partial charge in [-0.25, -0.2) is 0 Å². The van der Waals surface area contributed by atoms with E-state index in [9.17, 15) is 0 Å². The second kappa shape index (κ2) is 6.16. The van der Waals surface area contributed by atoms with Crippen LogP contribution in [0.25, 0.3) is 22.3 Å². The molecule has 1 aromatic carbocycles. The smallest absolute Gasteiger partial charge is 0.228 e. The number of rotatable bonds is 4. The molecule has 3 aromatic heterocycles. The zero-order chi connectivity index (χ0) is 17.2. The highest BCUT2D eigenvalue weighted by molar-refractivity contribution is 5.82. The van der Waals surface area contributed by atoms with Crippen LogP contribution in [0, 0.1) is 6.92 Å². The van der Waals surface area contributed by atoms with E-state index in [-0.39, 0.29) is 5.95 Å². The lowest BCUT2D eigenvalue weighted by atomic mass is 10.1. The van der Waals surface area contributed by atoms with Crippen molar-refractivity contribution in [1.82, 2.24) is 30.1 Å². The number of H-pyrrole nitrogens is 1. The van der Waals surface area contributed by atoms with Crippen LogP contribution in [0.1, 0.15) is 11.4 Å². The van der Waals surface area contributed by atoms with Crippen LogP contribution in [0.2, 0.25) is 0 Å². The first-order valence-electron chi connectivity index (χ1n) is 7.79. The molecular weight excluding hydrogens is 316 g/mol. The lowest BCUT2D eigenvalue weighted by Crippen LogP contribution is -2.09. The molecule has 0 saturated heterocycles. The molecule has 0 atom stereocenters. The van der Waals surface area contributed by atoms with Crippen molar-refractivity contribution in [3.05, 3.63) is 54.0 Å². The van der Waals surface area contributed by atoms with Gasteiger partial charge in [-0.05, 0) is 25.1 Å². The van der Waals surface area contributed by atoms with E-state index < -0.39 is 0 Å². The summed E-state index contributed by atoms with van der Waals surface area (Å²) in [5, 5.41) is 11.1. The number of benzene rings is 1. The molecule has 4 aromatic rings. The van der Waals surface area contributed by atoms with Gasteiger partial charge in [-0.2, -0.15) is 20.1 Å². The second-order valence-electron chi connectivity index (χ2n) is 5.64. The SMILES string of the molecule is Cc1cccc(CNc2nc(N)nc(-c3ccc4cn[nH]c4c3)n2)n1. The first kappa shape index (κ1) is 15.0. The van der Waals surface area contributed by atoms with Gasteiger partial charge in [0.2, 0.25) is 11.9 Å². The molecule has 8 heteroatoms.